The molecule has 0 aliphatic carbocycles. The van der Waals surface area contributed by atoms with Crippen molar-refractivity contribution in [2.75, 3.05) is 13.7 Å². The molecule has 0 spiro atoms. The van der Waals surface area contributed by atoms with Crippen LogP contribution in [-0.4, -0.2) is 36.7 Å². The summed E-state index contributed by atoms with van der Waals surface area (Å²) in [6, 6.07) is 11.2. The number of ether oxygens (including phenoxy) is 1. The van der Waals surface area contributed by atoms with Crippen LogP contribution >= 0.6 is 0 Å². The number of likely N-dealkylation sites (N-methyl/N-ethyl adjacent to an activating group) is 1. The van der Waals surface area contributed by atoms with E-state index in [2.05, 4.69) is 88.4 Å². The third-order valence-corrected chi connectivity index (χ3v) is 4.98. The zero-order chi connectivity index (χ0) is 18.6. The maximum absolute atomic E-state index is 6.10. The van der Waals surface area contributed by atoms with Crippen molar-refractivity contribution in [1.82, 2.24) is 10.2 Å². The lowest BCUT2D eigenvalue weighted by Crippen LogP contribution is -2.44. The number of nitrogens with one attached hydrogen (secondary N) is 1. The van der Waals surface area contributed by atoms with Gasteiger partial charge >= 0.3 is 0 Å². The van der Waals surface area contributed by atoms with Gasteiger partial charge in [-0.25, -0.2) is 0 Å². The normalized spacial score (nSPS) is 21.4. The molecule has 0 bridgehead atoms. The van der Waals surface area contributed by atoms with Gasteiger partial charge in [0, 0.05) is 37.0 Å². The molecule has 3 nitrogen and oxygen atoms in total. The molecule has 1 aromatic rings. The molecule has 0 amide bonds. The summed E-state index contributed by atoms with van der Waals surface area (Å²) in [7, 11) is 2.12. The van der Waals surface area contributed by atoms with Gasteiger partial charge in [0.25, 0.3) is 0 Å². The van der Waals surface area contributed by atoms with E-state index in [1.807, 2.05) is 0 Å². The van der Waals surface area contributed by atoms with Crippen LogP contribution in [0.4, 0.5) is 0 Å². The number of benzene rings is 1. The summed E-state index contributed by atoms with van der Waals surface area (Å²) >= 11 is 0. The average molecular weight is 343 g/mol. The van der Waals surface area contributed by atoms with Gasteiger partial charge in [-0.3, -0.25) is 0 Å². The van der Waals surface area contributed by atoms with Gasteiger partial charge in [-0.15, -0.1) is 0 Å². The number of nitrogens with zero attached hydrogens (tertiary/aromatic N) is 1. The Balaban J connectivity index is 2.17. The fourth-order valence-electron chi connectivity index (χ4n) is 3.88. The van der Waals surface area contributed by atoms with Gasteiger partial charge < -0.3 is 15.0 Å². The van der Waals surface area contributed by atoms with E-state index >= 15 is 0 Å². The highest BCUT2D eigenvalue weighted by Gasteiger charge is 2.35. The van der Waals surface area contributed by atoms with E-state index in [0.717, 1.165) is 24.4 Å². The summed E-state index contributed by atoms with van der Waals surface area (Å²) in [6.45, 7) is 18.2. The SMILES string of the molecule is C=C(NC(C)C)C(C(C)C)N(C)C(=C)C1OCCC1c1ccccc1. The first-order valence-electron chi connectivity index (χ1n) is 9.36. The van der Waals surface area contributed by atoms with Crippen molar-refractivity contribution in [3.8, 4) is 0 Å². The molecule has 3 unspecified atom stereocenters. The summed E-state index contributed by atoms with van der Waals surface area (Å²) in [5.74, 6) is 0.798. The van der Waals surface area contributed by atoms with Crippen LogP contribution in [0.1, 0.15) is 45.6 Å². The van der Waals surface area contributed by atoms with Crippen molar-refractivity contribution in [2.24, 2.45) is 5.92 Å². The van der Waals surface area contributed by atoms with Crippen LogP contribution in [0.25, 0.3) is 0 Å². The van der Waals surface area contributed by atoms with Gasteiger partial charge in [-0.1, -0.05) is 57.3 Å². The van der Waals surface area contributed by atoms with E-state index in [-0.39, 0.29) is 12.1 Å². The molecule has 2 rings (SSSR count). The largest absolute Gasteiger partial charge is 0.385 e. The molecular weight excluding hydrogens is 308 g/mol. The summed E-state index contributed by atoms with van der Waals surface area (Å²) in [5.41, 5.74) is 3.42. The van der Waals surface area contributed by atoms with Crippen molar-refractivity contribution in [3.63, 3.8) is 0 Å². The van der Waals surface area contributed by atoms with Crippen LogP contribution in [0.15, 0.2) is 54.9 Å². The molecule has 25 heavy (non-hydrogen) atoms. The molecule has 0 radical (unpaired) electrons. The quantitative estimate of drug-likeness (QED) is 0.750. The fourth-order valence-corrected chi connectivity index (χ4v) is 3.88. The molecule has 1 aliphatic rings. The lowest BCUT2D eigenvalue weighted by molar-refractivity contribution is 0.0966. The standard InChI is InChI=1S/C22H34N2O/c1-15(2)21(17(5)23-16(3)4)24(7)18(6)22-20(13-14-25-22)19-11-9-8-10-12-19/h8-12,15-16,20-23H,5-6,13-14H2,1-4,7H3. The maximum atomic E-state index is 6.10. The molecule has 0 aromatic heterocycles. The third-order valence-electron chi connectivity index (χ3n) is 4.98. The summed E-state index contributed by atoms with van der Waals surface area (Å²) in [6.07, 6.45) is 1.07. The van der Waals surface area contributed by atoms with E-state index in [0.29, 0.717) is 17.9 Å². The lowest BCUT2D eigenvalue weighted by Gasteiger charge is -2.39. The Labute approximate surface area is 153 Å². The second-order valence-electron chi connectivity index (χ2n) is 7.71. The molecule has 138 valence electrons. The predicted molar refractivity (Wildman–Crippen MR) is 106 cm³/mol. The zero-order valence-electron chi connectivity index (χ0n) is 16.5. The molecule has 1 heterocycles. The van der Waals surface area contributed by atoms with Gasteiger partial charge in [-0.2, -0.15) is 0 Å². The Morgan fingerprint density at radius 3 is 2.36 bits per heavy atom. The van der Waals surface area contributed by atoms with Crippen LogP contribution in [-0.2, 0) is 4.74 Å². The van der Waals surface area contributed by atoms with Crippen molar-refractivity contribution in [3.05, 3.63) is 60.4 Å². The molecule has 3 atom stereocenters. The Morgan fingerprint density at radius 1 is 1.16 bits per heavy atom. The van der Waals surface area contributed by atoms with Crippen LogP contribution in [0.2, 0.25) is 0 Å². The monoisotopic (exact) mass is 342 g/mol. The second-order valence-corrected chi connectivity index (χ2v) is 7.71. The molecule has 1 N–H and O–H groups in total. The summed E-state index contributed by atoms with van der Waals surface area (Å²) < 4.78 is 6.10. The van der Waals surface area contributed by atoms with E-state index in [4.69, 9.17) is 4.74 Å². The Morgan fingerprint density at radius 2 is 1.80 bits per heavy atom. The molecular formula is C22H34N2O. The molecule has 1 fully saturated rings. The van der Waals surface area contributed by atoms with Gasteiger partial charge in [-0.05, 0) is 31.7 Å². The smallest absolute Gasteiger partial charge is 0.103 e. The minimum Gasteiger partial charge on any atom is -0.385 e. The van der Waals surface area contributed by atoms with E-state index in [1.54, 1.807) is 0 Å². The molecule has 3 heteroatoms. The van der Waals surface area contributed by atoms with Gasteiger partial charge in [0.2, 0.25) is 0 Å². The highest BCUT2D eigenvalue weighted by molar-refractivity contribution is 5.26. The molecule has 0 saturated carbocycles. The van der Waals surface area contributed by atoms with Gasteiger partial charge in [0.05, 0.1) is 6.04 Å². The van der Waals surface area contributed by atoms with Crippen LogP contribution in [0, 0.1) is 5.92 Å². The highest BCUT2D eigenvalue weighted by Crippen LogP contribution is 2.36. The summed E-state index contributed by atoms with van der Waals surface area (Å²) in [5, 5.41) is 3.48. The second kappa shape index (κ2) is 8.57. The van der Waals surface area contributed by atoms with Crippen LogP contribution in [0.3, 0.4) is 0 Å². The van der Waals surface area contributed by atoms with Crippen molar-refractivity contribution in [2.45, 2.75) is 58.2 Å². The average Bonchev–Trinajstić information content (AvgIpc) is 3.03. The first-order valence-corrected chi connectivity index (χ1v) is 9.36. The van der Waals surface area contributed by atoms with Crippen molar-refractivity contribution in [1.29, 1.82) is 0 Å². The molecule has 1 aromatic carbocycles. The topological polar surface area (TPSA) is 24.5 Å². The van der Waals surface area contributed by atoms with E-state index in [9.17, 15) is 0 Å². The first-order chi connectivity index (χ1) is 11.8. The van der Waals surface area contributed by atoms with E-state index < -0.39 is 0 Å². The number of hydrogen-bond donors (Lipinski definition) is 1. The number of rotatable bonds is 8. The van der Waals surface area contributed by atoms with Gasteiger partial charge in [0.1, 0.15) is 6.10 Å². The number of hydrogen-bond acceptors (Lipinski definition) is 3. The van der Waals surface area contributed by atoms with E-state index in [1.165, 1.54) is 5.56 Å². The third kappa shape index (κ3) is 4.66. The van der Waals surface area contributed by atoms with Crippen molar-refractivity contribution >= 4 is 0 Å². The minimum atomic E-state index is 0.0282. The summed E-state index contributed by atoms with van der Waals surface area (Å²) in [4.78, 5) is 2.26. The van der Waals surface area contributed by atoms with Crippen molar-refractivity contribution < 1.29 is 4.74 Å². The molecule has 1 aliphatic heterocycles. The Hall–Kier alpha value is -1.74. The fraction of sp³-hybridized carbons (Fsp3) is 0.545. The molecule has 1 saturated heterocycles. The van der Waals surface area contributed by atoms with Crippen LogP contribution < -0.4 is 5.32 Å². The Kier molecular flexibility index (Phi) is 6.71. The predicted octanol–water partition coefficient (Wildman–Crippen LogP) is 4.54. The highest BCUT2D eigenvalue weighted by atomic mass is 16.5. The minimum absolute atomic E-state index is 0.0282. The Bertz CT molecular complexity index is 579. The van der Waals surface area contributed by atoms with Gasteiger partial charge in [0.15, 0.2) is 0 Å². The maximum Gasteiger partial charge on any atom is 0.103 e. The zero-order valence-corrected chi connectivity index (χ0v) is 16.5. The first kappa shape index (κ1) is 19.6. The lowest BCUT2D eigenvalue weighted by atomic mass is 9.89. The van der Waals surface area contributed by atoms with Crippen LogP contribution in [0.5, 0.6) is 0 Å².